The molecule has 1 fully saturated rings. The Morgan fingerprint density at radius 2 is 2.57 bits per heavy atom. The lowest BCUT2D eigenvalue weighted by molar-refractivity contribution is -0.144. The van der Waals surface area contributed by atoms with E-state index in [1.165, 1.54) is 0 Å². The second-order valence-corrected chi connectivity index (χ2v) is 3.52. The van der Waals surface area contributed by atoms with Crippen LogP contribution in [0.2, 0.25) is 0 Å². The molecule has 0 aliphatic heterocycles. The van der Waals surface area contributed by atoms with E-state index in [1.807, 2.05) is 20.2 Å². The molecule has 0 bridgehead atoms. The predicted molar refractivity (Wildman–Crippen MR) is 48.5 cm³/mol. The maximum atomic E-state index is 11.3. The van der Waals surface area contributed by atoms with Gasteiger partial charge >= 0.3 is 5.97 Å². The van der Waals surface area contributed by atoms with Crippen molar-refractivity contribution in [3.63, 3.8) is 0 Å². The Morgan fingerprint density at radius 3 is 3.14 bits per heavy atom. The van der Waals surface area contributed by atoms with E-state index in [9.17, 15) is 4.79 Å². The summed E-state index contributed by atoms with van der Waals surface area (Å²) in [5.74, 6) is 0.123. The first-order valence-corrected chi connectivity index (χ1v) is 4.75. The average molecular weight is 195 g/mol. The van der Waals surface area contributed by atoms with Crippen molar-refractivity contribution in [3.05, 3.63) is 11.9 Å². The normalized spacial score (nSPS) is 24.7. The van der Waals surface area contributed by atoms with Gasteiger partial charge in [-0.25, -0.2) is 0 Å². The van der Waals surface area contributed by atoms with Crippen molar-refractivity contribution in [2.75, 3.05) is 6.61 Å². The second-order valence-electron chi connectivity index (χ2n) is 3.52. The Morgan fingerprint density at radius 1 is 1.79 bits per heavy atom. The molecule has 0 radical (unpaired) electrons. The van der Waals surface area contributed by atoms with Crippen LogP contribution in [0.3, 0.4) is 0 Å². The number of esters is 1. The third kappa shape index (κ3) is 1.62. The monoisotopic (exact) mass is 195 g/mol. The molecule has 0 saturated heterocycles. The third-order valence-corrected chi connectivity index (χ3v) is 2.38. The summed E-state index contributed by atoms with van der Waals surface area (Å²) in [5.41, 5.74) is 0.894. The minimum Gasteiger partial charge on any atom is -0.466 e. The molecule has 1 aliphatic carbocycles. The Kier molecular flexibility index (Phi) is 2.23. The zero-order chi connectivity index (χ0) is 10.1. The zero-order valence-electron chi connectivity index (χ0n) is 8.30. The molecule has 0 spiro atoms. The highest BCUT2D eigenvalue weighted by Crippen LogP contribution is 2.47. The van der Waals surface area contributed by atoms with Crippen LogP contribution in [0.4, 0.5) is 0 Å². The van der Waals surface area contributed by atoms with Crippen LogP contribution >= 0.6 is 0 Å². The van der Waals surface area contributed by atoms with Crippen LogP contribution in [0.1, 0.15) is 25.0 Å². The van der Waals surface area contributed by atoms with Gasteiger partial charge in [0.05, 0.1) is 18.2 Å². The van der Waals surface area contributed by atoms with Crippen LogP contribution in [-0.2, 0) is 16.6 Å². The minimum absolute atomic E-state index is 0.00616. The van der Waals surface area contributed by atoms with Crippen molar-refractivity contribution >= 4 is 5.97 Å². The van der Waals surface area contributed by atoms with Crippen molar-refractivity contribution in [1.29, 1.82) is 0 Å². The fourth-order valence-corrected chi connectivity index (χ4v) is 1.57. The summed E-state index contributed by atoms with van der Waals surface area (Å²) >= 11 is 0. The fraction of sp³-hybridized carbons (Fsp3) is 0.667. The van der Waals surface area contributed by atoms with E-state index in [0.29, 0.717) is 6.61 Å². The topological polar surface area (TPSA) is 57.0 Å². The van der Waals surface area contributed by atoms with Crippen molar-refractivity contribution in [3.8, 4) is 0 Å². The van der Waals surface area contributed by atoms with Gasteiger partial charge in [-0.2, -0.15) is 0 Å². The van der Waals surface area contributed by atoms with Gasteiger partial charge in [0.25, 0.3) is 0 Å². The molecule has 1 aromatic heterocycles. The summed E-state index contributed by atoms with van der Waals surface area (Å²) in [7, 11) is 1.82. The van der Waals surface area contributed by atoms with Gasteiger partial charge < -0.3 is 4.74 Å². The van der Waals surface area contributed by atoms with Crippen LogP contribution in [0.15, 0.2) is 6.20 Å². The van der Waals surface area contributed by atoms with E-state index in [4.69, 9.17) is 4.74 Å². The van der Waals surface area contributed by atoms with E-state index in [0.717, 1.165) is 12.1 Å². The minimum atomic E-state index is -0.108. The standard InChI is InChI=1S/C9H13N3O2/c1-3-14-9(13)7-4-6(7)8-5-12(2)11-10-8/h5-7H,3-4H2,1-2H3. The fourth-order valence-electron chi connectivity index (χ4n) is 1.57. The van der Waals surface area contributed by atoms with Crippen molar-refractivity contribution < 1.29 is 9.53 Å². The van der Waals surface area contributed by atoms with E-state index < -0.39 is 0 Å². The highest BCUT2D eigenvalue weighted by atomic mass is 16.5. The molecule has 5 heteroatoms. The number of carbonyl (C=O) groups excluding carboxylic acids is 1. The summed E-state index contributed by atoms with van der Waals surface area (Å²) in [4.78, 5) is 11.3. The molecule has 1 aliphatic rings. The summed E-state index contributed by atoms with van der Waals surface area (Å²) in [6.07, 6.45) is 2.70. The molecule has 0 aromatic carbocycles. The number of aryl methyl sites for hydroxylation is 1. The molecular formula is C9H13N3O2. The van der Waals surface area contributed by atoms with Gasteiger partial charge in [-0.1, -0.05) is 5.21 Å². The molecule has 2 rings (SSSR count). The number of carbonyl (C=O) groups is 1. The number of hydrogen-bond acceptors (Lipinski definition) is 4. The molecule has 1 saturated carbocycles. The van der Waals surface area contributed by atoms with Crippen molar-refractivity contribution in [1.82, 2.24) is 15.0 Å². The molecule has 0 amide bonds. The maximum Gasteiger partial charge on any atom is 0.309 e. The number of hydrogen-bond donors (Lipinski definition) is 0. The van der Waals surface area contributed by atoms with E-state index >= 15 is 0 Å². The number of ether oxygens (including phenoxy) is 1. The van der Waals surface area contributed by atoms with E-state index in [2.05, 4.69) is 10.3 Å². The lowest BCUT2D eigenvalue weighted by Gasteiger charge is -1.98. The van der Waals surface area contributed by atoms with Crippen LogP contribution in [0, 0.1) is 5.92 Å². The number of rotatable bonds is 3. The summed E-state index contributed by atoms with van der Waals surface area (Å²) in [6, 6.07) is 0. The number of aromatic nitrogens is 3. The summed E-state index contributed by atoms with van der Waals surface area (Å²) < 4.78 is 6.58. The van der Waals surface area contributed by atoms with Gasteiger partial charge in [0.1, 0.15) is 0 Å². The van der Waals surface area contributed by atoms with Crippen LogP contribution in [0.25, 0.3) is 0 Å². The second kappa shape index (κ2) is 3.40. The Bertz CT molecular complexity index is 348. The Hall–Kier alpha value is -1.39. The van der Waals surface area contributed by atoms with Crippen LogP contribution in [0.5, 0.6) is 0 Å². The van der Waals surface area contributed by atoms with E-state index in [-0.39, 0.29) is 17.8 Å². The molecular weight excluding hydrogens is 182 g/mol. The zero-order valence-corrected chi connectivity index (χ0v) is 8.30. The van der Waals surface area contributed by atoms with Gasteiger partial charge in [0.2, 0.25) is 0 Å². The lowest BCUT2D eigenvalue weighted by Crippen LogP contribution is -2.07. The molecule has 2 atom stereocenters. The SMILES string of the molecule is CCOC(=O)C1CC1c1cn(C)nn1. The maximum absolute atomic E-state index is 11.3. The van der Waals surface area contributed by atoms with Gasteiger partial charge in [-0.15, -0.1) is 5.10 Å². The Balaban J connectivity index is 1.96. The molecule has 0 N–H and O–H groups in total. The van der Waals surface area contributed by atoms with Crippen molar-refractivity contribution in [2.45, 2.75) is 19.3 Å². The van der Waals surface area contributed by atoms with Gasteiger partial charge in [0.15, 0.2) is 0 Å². The van der Waals surface area contributed by atoms with E-state index in [1.54, 1.807) is 4.68 Å². The Labute approximate surface area is 82.1 Å². The third-order valence-electron chi connectivity index (χ3n) is 2.38. The average Bonchev–Trinajstić information content (AvgIpc) is 2.84. The van der Waals surface area contributed by atoms with Gasteiger partial charge in [-0.05, 0) is 13.3 Å². The molecule has 2 unspecified atom stereocenters. The summed E-state index contributed by atoms with van der Waals surface area (Å²) in [5, 5.41) is 7.81. The smallest absolute Gasteiger partial charge is 0.309 e. The molecule has 5 nitrogen and oxygen atoms in total. The molecule has 14 heavy (non-hydrogen) atoms. The van der Waals surface area contributed by atoms with Crippen molar-refractivity contribution in [2.24, 2.45) is 13.0 Å². The molecule has 1 heterocycles. The first kappa shape index (κ1) is 9.18. The quantitative estimate of drug-likeness (QED) is 0.658. The van der Waals surface area contributed by atoms with Crippen LogP contribution in [-0.4, -0.2) is 27.6 Å². The molecule has 1 aromatic rings. The number of nitrogens with zero attached hydrogens (tertiary/aromatic N) is 3. The first-order chi connectivity index (χ1) is 6.72. The first-order valence-electron chi connectivity index (χ1n) is 4.75. The van der Waals surface area contributed by atoms with Gasteiger partial charge in [0, 0.05) is 19.2 Å². The lowest BCUT2D eigenvalue weighted by atomic mass is 10.2. The summed E-state index contributed by atoms with van der Waals surface area (Å²) in [6.45, 7) is 2.26. The van der Waals surface area contributed by atoms with Gasteiger partial charge in [-0.3, -0.25) is 9.48 Å². The predicted octanol–water partition coefficient (Wildman–Crippen LogP) is 0.482. The molecule has 76 valence electrons. The highest BCUT2D eigenvalue weighted by molar-refractivity contribution is 5.77. The highest BCUT2D eigenvalue weighted by Gasteiger charge is 2.46. The largest absolute Gasteiger partial charge is 0.466 e. The van der Waals surface area contributed by atoms with Crippen LogP contribution < -0.4 is 0 Å².